The smallest absolute Gasteiger partial charge is 0.233 e. The van der Waals surface area contributed by atoms with Gasteiger partial charge in [-0.1, -0.05) is 25.4 Å². The van der Waals surface area contributed by atoms with E-state index in [1.54, 1.807) is 18.2 Å². The number of nitrogens with one attached hydrogen (secondary N) is 1. The second-order valence-electron chi connectivity index (χ2n) is 4.92. The zero-order valence-corrected chi connectivity index (χ0v) is 13.1. The van der Waals surface area contributed by atoms with Crippen LogP contribution in [0.4, 0.5) is 5.69 Å². The molecule has 0 radical (unpaired) electrons. The average molecular weight is 301 g/mol. The number of halogens is 1. The minimum atomic E-state index is -0.187. The van der Waals surface area contributed by atoms with Gasteiger partial charge in [0.05, 0.1) is 5.25 Å². The van der Waals surface area contributed by atoms with E-state index in [-0.39, 0.29) is 11.2 Å². The molecule has 0 aliphatic rings. The minimum absolute atomic E-state index is 0.0324. The molecule has 0 saturated carbocycles. The molecular weight excluding hydrogens is 280 g/mol. The Hall–Kier alpha value is -0.870. The van der Waals surface area contributed by atoms with Crippen molar-refractivity contribution in [1.82, 2.24) is 5.32 Å². The first-order chi connectivity index (χ1) is 8.90. The number of carbonyl (C=O) groups excluding carboxylic acids is 1. The Balaban J connectivity index is 2.51. The number of amides is 1. The van der Waals surface area contributed by atoms with Gasteiger partial charge in [0.15, 0.2) is 0 Å². The van der Waals surface area contributed by atoms with Crippen LogP contribution in [0.15, 0.2) is 23.1 Å². The second-order valence-corrected chi connectivity index (χ2v) is 6.73. The van der Waals surface area contributed by atoms with Crippen molar-refractivity contribution in [2.45, 2.75) is 37.3 Å². The largest absolute Gasteiger partial charge is 0.398 e. The van der Waals surface area contributed by atoms with E-state index >= 15 is 0 Å². The number of rotatable bonds is 6. The molecule has 0 aromatic heterocycles. The van der Waals surface area contributed by atoms with Gasteiger partial charge in [-0.3, -0.25) is 4.79 Å². The van der Waals surface area contributed by atoms with Crippen LogP contribution in [-0.2, 0) is 4.79 Å². The van der Waals surface area contributed by atoms with Gasteiger partial charge in [0.25, 0.3) is 0 Å². The summed E-state index contributed by atoms with van der Waals surface area (Å²) in [6, 6.07) is 5.29. The lowest BCUT2D eigenvalue weighted by Crippen LogP contribution is -2.32. The van der Waals surface area contributed by atoms with Gasteiger partial charge in [-0.05, 0) is 37.5 Å². The summed E-state index contributed by atoms with van der Waals surface area (Å²) in [5, 5.41) is 3.38. The van der Waals surface area contributed by atoms with Crippen LogP contribution in [0.1, 0.15) is 27.2 Å². The van der Waals surface area contributed by atoms with Gasteiger partial charge >= 0.3 is 0 Å². The highest BCUT2D eigenvalue weighted by Crippen LogP contribution is 2.31. The summed E-state index contributed by atoms with van der Waals surface area (Å²) in [6.07, 6.45) is 0.989. The van der Waals surface area contributed by atoms with Gasteiger partial charge in [-0.15, -0.1) is 11.8 Å². The Bertz CT molecular complexity index is 437. The Morgan fingerprint density at radius 3 is 2.74 bits per heavy atom. The number of anilines is 1. The molecule has 1 amide bonds. The summed E-state index contributed by atoms with van der Waals surface area (Å²) in [5.74, 6) is 0.622. The number of nitrogens with two attached hydrogens (primary N) is 1. The first kappa shape index (κ1) is 16.2. The number of thioether (sulfide) groups is 1. The van der Waals surface area contributed by atoms with Crippen LogP contribution < -0.4 is 11.1 Å². The van der Waals surface area contributed by atoms with Crippen molar-refractivity contribution in [3.8, 4) is 0 Å². The fraction of sp³-hybridized carbons (Fsp3) is 0.500. The van der Waals surface area contributed by atoms with E-state index in [1.807, 2.05) is 6.92 Å². The van der Waals surface area contributed by atoms with Crippen molar-refractivity contribution in [2.75, 3.05) is 12.3 Å². The number of nitrogen functional groups attached to an aromatic ring is 1. The highest BCUT2D eigenvalue weighted by molar-refractivity contribution is 8.00. The molecule has 106 valence electrons. The zero-order chi connectivity index (χ0) is 14.4. The molecule has 0 aliphatic carbocycles. The summed E-state index contributed by atoms with van der Waals surface area (Å²) in [6.45, 7) is 6.86. The van der Waals surface area contributed by atoms with Gasteiger partial charge < -0.3 is 11.1 Å². The molecule has 1 unspecified atom stereocenters. The third-order valence-electron chi connectivity index (χ3n) is 2.67. The third-order valence-corrected chi connectivity index (χ3v) is 4.08. The highest BCUT2D eigenvalue weighted by Gasteiger charge is 2.15. The highest BCUT2D eigenvalue weighted by atomic mass is 35.5. The average Bonchev–Trinajstić information content (AvgIpc) is 2.33. The van der Waals surface area contributed by atoms with Crippen LogP contribution in [0, 0.1) is 5.92 Å². The van der Waals surface area contributed by atoms with E-state index in [2.05, 4.69) is 19.2 Å². The lowest BCUT2D eigenvalue weighted by Gasteiger charge is -2.14. The molecule has 19 heavy (non-hydrogen) atoms. The number of benzene rings is 1. The van der Waals surface area contributed by atoms with E-state index in [0.29, 0.717) is 23.2 Å². The van der Waals surface area contributed by atoms with Crippen LogP contribution in [0.2, 0.25) is 5.02 Å². The lowest BCUT2D eigenvalue weighted by molar-refractivity contribution is -0.120. The second kappa shape index (κ2) is 7.65. The molecule has 1 atom stereocenters. The van der Waals surface area contributed by atoms with Crippen LogP contribution >= 0.6 is 23.4 Å². The molecule has 3 N–H and O–H groups in total. The third kappa shape index (κ3) is 5.74. The molecule has 0 spiro atoms. The first-order valence-electron chi connectivity index (χ1n) is 6.39. The molecule has 0 fully saturated rings. The van der Waals surface area contributed by atoms with Gasteiger partial charge in [0.1, 0.15) is 0 Å². The maximum Gasteiger partial charge on any atom is 0.233 e. The predicted molar refractivity (Wildman–Crippen MR) is 83.6 cm³/mol. The van der Waals surface area contributed by atoms with Crippen molar-refractivity contribution < 1.29 is 4.79 Å². The molecule has 0 bridgehead atoms. The summed E-state index contributed by atoms with van der Waals surface area (Å²) in [7, 11) is 0. The predicted octanol–water partition coefficient (Wildman–Crippen LogP) is 3.57. The fourth-order valence-electron chi connectivity index (χ4n) is 1.48. The summed E-state index contributed by atoms with van der Waals surface area (Å²) < 4.78 is 0. The summed E-state index contributed by atoms with van der Waals surface area (Å²) in [4.78, 5) is 12.8. The number of carbonyl (C=O) groups is 1. The molecule has 0 heterocycles. The Kier molecular flexibility index (Phi) is 6.52. The molecule has 5 heteroatoms. The first-order valence-corrected chi connectivity index (χ1v) is 7.65. The summed E-state index contributed by atoms with van der Waals surface area (Å²) >= 11 is 7.36. The van der Waals surface area contributed by atoms with Crippen molar-refractivity contribution >= 4 is 35.0 Å². The van der Waals surface area contributed by atoms with Crippen molar-refractivity contribution in [2.24, 2.45) is 5.92 Å². The van der Waals surface area contributed by atoms with Gasteiger partial charge in [0, 0.05) is 22.2 Å². The van der Waals surface area contributed by atoms with Gasteiger partial charge in [-0.25, -0.2) is 0 Å². The van der Waals surface area contributed by atoms with E-state index < -0.39 is 0 Å². The molecule has 1 rings (SSSR count). The SMILES string of the molecule is CC(C)CCNC(=O)C(C)Sc1cc(Cl)ccc1N. The summed E-state index contributed by atoms with van der Waals surface area (Å²) in [5.41, 5.74) is 6.52. The van der Waals surface area contributed by atoms with Crippen LogP contribution in [0.25, 0.3) is 0 Å². The molecular formula is C14H21ClN2OS. The van der Waals surface area contributed by atoms with Crippen molar-refractivity contribution in [3.05, 3.63) is 23.2 Å². The van der Waals surface area contributed by atoms with E-state index in [4.69, 9.17) is 17.3 Å². The number of hydrogen-bond acceptors (Lipinski definition) is 3. The normalized spacial score (nSPS) is 12.5. The maximum atomic E-state index is 11.9. The molecule has 1 aromatic rings. The standard InChI is InChI=1S/C14H21ClN2OS/c1-9(2)6-7-17-14(18)10(3)19-13-8-11(15)4-5-12(13)16/h4-5,8-10H,6-7,16H2,1-3H3,(H,17,18). The van der Waals surface area contributed by atoms with Crippen LogP contribution in [0.3, 0.4) is 0 Å². The van der Waals surface area contributed by atoms with E-state index in [1.165, 1.54) is 11.8 Å². The molecule has 1 aromatic carbocycles. The van der Waals surface area contributed by atoms with Crippen LogP contribution in [0.5, 0.6) is 0 Å². The quantitative estimate of drug-likeness (QED) is 0.624. The Morgan fingerprint density at radius 1 is 1.42 bits per heavy atom. The number of hydrogen-bond donors (Lipinski definition) is 2. The zero-order valence-electron chi connectivity index (χ0n) is 11.6. The van der Waals surface area contributed by atoms with Gasteiger partial charge in [-0.2, -0.15) is 0 Å². The van der Waals surface area contributed by atoms with Gasteiger partial charge in [0.2, 0.25) is 5.91 Å². The lowest BCUT2D eigenvalue weighted by atomic mass is 10.1. The maximum absolute atomic E-state index is 11.9. The monoisotopic (exact) mass is 300 g/mol. The molecule has 0 aliphatic heterocycles. The van der Waals surface area contributed by atoms with Crippen molar-refractivity contribution in [1.29, 1.82) is 0 Å². The minimum Gasteiger partial charge on any atom is -0.398 e. The topological polar surface area (TPSA) is 55.1 Å². The van der Waals surface area contributed by atoms with Crippen molar-refractivity contribution in [3.63, 3.8) is 0 Å². The Morgan fingerprint density at radius 2 is 2.11 bits per heavy atom. The van der Waals surface area contributed by atoms with E-state index in [0.717, 1.165) is 11.3 Å². The molecule has 0 saturated heterocycles. The van der Waals surface area contributed by atoms with Crippen LogP contribution in [-0.4, -0.2) is 17.7 Å². The Labute approximate surface area is 124 Å². The fourth-order valence-corrected chi connectivity index (χ4v) is 2.69. The molecule has 3 nitrogen and oxygen atoms in total. The van der Waals surface area contributed by atoms with E-state index in [9.17, 15) is 4.79 Å².